The molecule has 96 valence electrons. The summed E-state index contributed by atoms with van der Waals surface area (Å²) in [6.45, 7) is 3.53. The van der Waals surface area contributed by atoms with Crippen molar-refractivity contribution in [3.8, 4) is 0 Å². The molecule has 0 unspecified atom stereocenters. The number of methoxy groups -OCH3 is 1. The molecule has 5 nitrogen and oxygen atoms in total. The largest absolute Gasteiger partial charge is 0.383 e. The van der Waals surface area contributed by atoms with Gasteiger partial charge in [-0.1, -0.05) is 0 Å². The Labute approximate surface area is 107 Å². The highest BCUT2D eigenvalue weighted by molar-refractivity contribution is 7.98. The first-order chi connectivity index (χ1) is 8.26. The molecule has 1 aromatic rings. The van der Waals surface area contributed by atoms with Crippen molar-refractivity contribution in [2.24, 2.45) is 0 Å². The third-order valence-electron chi connectivity index (χ3n) is 2.33. The number of rotatable bonds is 8. The molecule has 0 saturated carbocycles. The predicted molar refractivity (Wildman–Crippen MR) is 71.7 cm³/mol. The zero-order valence-corrected chi connectivity index (χ0v) is 11.5. The molecule has 0 amide bonds. The number of hydrogen-bond acceptors (Lipinski definition) is 6. The van der Waals surface area contributed by atoms with Crippen molar-refractivity contribution in [1.29, 1.82) is 0 Å². The molecule has 6 heteroatoms. The minimum Gasteiger partial charge on any atom is -0.383 e. The molecule has 0 fully saturated rings. The Kier molecular flexibility index (Phi) is 6.91. The molecule has 0 atom stereocenters. The van der Waals surface area contributed by atoms with E-state index in [1.165, 1.54) is 0 Å². The van der Waals surface area contributed by atoms with Crippen LogP contribution in [0.25, 0.3) is 0 Å². The van der Waals surface area contributed by atoms with E-state index in [4.69, 9.17) is 4.74 Å². The van der Waals surface area contributed by atoms with E-state index in [1.54, 1.807) is 25.2 Å². The molecule has 0 aliphatic carbocycles. The highest BCUT2D eigenvalue weighted by Gasteiger charge is 1.99. The van der Waals surface area contributed by atoms with Gasteiger partial charge in [0.1, 0.15) is 17.2 Å². The molecule has 17 heavy (non-hydrogen) atoms. The fourth-order valence-electron chi connectivity index (χ4n) is 1.28. The van der Waals surface area contributed by atoms with Gasteiger partial charge in [0.2, 0.25) is 0 Å². The summed E-state index contributed by atoms with van der Waals surface area (Å²) in [5.74, 6) is 0.879. The van der Waals surface area contributed by atoms with Crippen molar-refractivity contribution in [2.75, 3.05) is 52.0 Å². The van der Waals surface area contributed by atoms with Gasteiger partial charge in [0.25, 0.3) is 0 Å². The molecule has 0 radical (unpaired) electrons. The number of anilines is 1. The fourth-order valence-corrected chi connectivity index (χ4v) is 1.66. The van der Waals surface area contributed by atoms with Gasteiger partial charge in [-0.15, -0.1) is 11.8 Å². The average molecular weight is 256 g/mol. The SMILES string of the molecule is COCCN(C)CCNc1cc(SC)ncn1. The second kappa shape index (κ2) is 8.27. The van der Waals surface area contributed by atoms with Crippen molar-refractivity contribution in [2.45, 2.75) is 5.03 Å². The van der Waals surface area contributed by atoms with Crippen molar-refractivity contribution >= 4 is 17.6 Å². The second-order valence-corrected chi connectivity index (χ2v) is 4.49. The van der Waals surface area contributed by atoms with E-state index in [2.05, 4.69) is 27.2 Å². The van der Waals surface area contributed by atoms with Crippen LogP contribution in [0.1, 0.15) is 0 Å². The second-order valence-electron chi connectivity index (χ2n) is 3.67. The quantitative estimate of drug-likeness (QED) is 0.557. The molecule has 0 spiro atoms. The Hall–Kier alpha value is -0.850. The molecule has 1 aromatic heterocycles. The van der Waals surface area contributed by atoms with Crippen LogP contribution < -0.4 is 5.32 Å². The lowest BCUT2D eigenvalue weighted by Gasteiger charge is -2.16. The Morgan fingerprint density at radius 3 is 2.94 bits per heavy atom. The van der Waals surface area contributed by atoms with Crippen LogP contribution >= 0.6 is 11.8 Å². The van der Waals surface area contributed by atoms with Crippen molar-refractivity contribution < 1.29 is 4.74 Å². The summed E-state index contributed by atoms with van der Waals surface area (Å²) < 4.78 is 5.02. The summed E-state index contributed by atoms with van der Waals surface area (Å²) in [6, 6.07) is 1.96. The zero-order chi connectivity index (χ0) is 12.5. The van der Waals surface area contributed by atoms with Crippen molar-refractivity contribution in [3.63, 3.8) is 0 Å². The third kappa shape index (κ3) is 5.86. The Morgan fingerprint density at radius 1 is 1.41 bits per heavy atom. The smallest absolute Gasteiger partial charge is 0.130 e. The van der Waals surface area contributed by atoms with E-state index < -0.39 is 0 Å². The lowest BCUT2D eigenvalue weighted by molar-refractivity contribution is 0.163. The minimum atomic E-state index is 0.765. The first kappa shape index (κ1) is 14.2. The standard InChI is InChI=1S/C11H20N4OS/c1-15(6-7-16-2)5-4-12-10-8-11(17-3)14-9-13-10/h8-9H,4-7H2,1-3H3,(H,12,13,14). The van der Waals surface area contributed by atoms with Crippen molar-refractivity contribution in [1.82, 2.24) is 14.9 Å². The molecule has 1 rings (SSSR count). The highest BCUT2D eigenvalue weighted by atomic mass is 32.2. The van der Waals surface area contributed by atoms with Crippen LogP contribution in [0.15, 0.2) is 17.4 Å². The molecular formula is C11H20N4OS. The minimum absolute atomic E-state index is 0.765. The van der Waals surface area contributed by atoms with Gasteiger partial charge < -0.3 is 15.0 Å². The molecule has 0 aliphatic rings. The molecule has 1 heterocycles. The zero-order valence-electron chi connectivity index (χ0n) is 10.6. The number of hydrogen-bond donors (Lipinski definition) is 1. The fraction of sp³-hybridized carbons (Fsp3) is 0.636. The summed E-state index contributed by atoms with van der Waals surface area (Å²) in [5, 5.41) is 4.26. The van der Waals surface area contributed by atoms with E-state index in [9.17, 15) is 0 Å². The normalized spacial score (nSPS) is 10.8. The van der Waals surface area contributed by atoms with E-state index in [1.807, 2.05) is 12.3 Å². The van der Waals surface area contributed by atoms with Crippen LogP contribution in [0.4, 0.5) is 5.82 Å². The van der Waals surface area contributed by atoms with E-state index >= 15 is 0 Å². The Morgan fingerprint density at radius 2 is 2.24 bits per heavy atom. The summed E-state index contributed by atoms with van der Waals surface area (Å²) >= 11 is 1.62. The molecule has 0 aliphatic heterocycles. The highest BCUT2D eigenvalue weighted by Crippen LogP contribution is 2.13. The maximum absolute atomic E-state index is 5.02. The lowest BCUT2D eigenvalue weighted by Crippen LogP contribution is -2.28. The number of nitrogens with one attached hydrogen (secondary N) is 1. The van der Waals surface area contributed by atoms with E-state index in [0.717, 1.165) is 37.1 Å². The van der Waals surface area contributed by atoms with E-state index in [-0.39, 0.29) is 0 Å². The summed E-state index contributed by atoms with van der Waals surface area (Å²) in [6.07, 6.45) is 3.59. The molecular weight excluding hydrogens is 236 g/mol. The van der Waals surface area contributed by atoms with Crippen LogP contribution in [0, 0.1) is 0 Å². The van der Waals surface area contributed by atoms with Gasteiger partial charge in [0.15, 0.2) is 0 Å². The summed E-state index contributed by atoms with van der Waals surface area (Å²) in [5.41, 5.74) is 0. The van der Waals surface area contributed by atoms with Gasteiger partial charge in [-0.3, -0.25) is 0 Å². The number of ether oxygens (including phenoxy) is 1. The molecule has 1 N–H and O–H groups in total. The molecule has 0 bridgehead atoms. The van der Waals surface area contributed by atoms with Gasteiger partial charge in [-0.25, -0.2) is 9.97 Å². The molecule has 0 aromatic carbocycles. The maximum atomic E-state index is 5.02. The van der Waals surface area contributed by atoms with Crippen LogP contribution in [0.3, 0.4) is 0 Å². The van der Waals surface area contributed by atoms with Crippen LogP contribution in [-0.2, 0) is 4.74 Å². The van der Waals surface area contributed by atoms with Crippen LogP contribution in [0.2, 0.25) is 0 Å². The number of nitrogens with zero attached hydrogens (tertiary/aromatic N) is 3. The van der Waals surface area contributed by atoms with Gasteiger partial charge >= 0.3 is 0 Å². The average Bonchev–Trinajstić information content (AvgIpc) is 2.36. The summed E-state index contributed by atoms with van der Waals surface area (Å²) in [4.78, 5) is 10.5. The van der Waals surface area contributed by atoms with Gasteiger partial charge in [0, 0.05) is 32.8 Å². The Bertz CT molecular complexity index is 324. The van der Waals surface area contributed by atoms with Crippen LogP contribution in [0.5, 0.6) is 0 Å². The van der Waals surface area contributed by atoms with Crippen molar-refractivity contribution in [3.05, 3.63) is 12.4 Å². The number of likely N-dealkylation sites (N-methyl/N-ethyl adjacent to an activating group) is 1. The van der Waals surface area contributed by atoms with Crippen LogP contribution in [-0.4, -0.2) is 61.5 Å². The topological polar surface area (TPSA) is 50.3 Å². The number of aromatic nitrogens is 2. The maximum Gasteiger partial charge on any atom is 0.130 e. The van der Waals surface area contributed by atoms with Gasteiger partial charge in [-0.2, -0.15) is 0 Å². The van der Waals surface area contributed by atoms with E-state index in [0.29, 0.717) is 0 Å². The first-order valence-electron chi connectivity index (χ1n) is 5.53. The van der Waals surface area contributed by atoms with Gasteiger partial charge in [0.05, 0.1) is 6.61 Å². The Balaban J connectivity index is 2.25. The predicted octanol–water partition coefficient (Wildman–Crippen LogP) is 1.19. The number of thioether (sulfide) groups is 1. The summed E-state index contributed by atoms with van der Waals surface area (Å²) in [7, 11) is 3.80. The third-order valence-corrected chi connectivity index (χ3v) is 2.97. The lowest BCUT2D eigenvalue weighted by atomic mass is 10.5. The first-order valence-corrected chi connectivity index (χ1v) is 6.76. The monoisotopic (exact) mass is 256 g/mol. The molecule has 0 saturated heterocycles. The van der Waals surface area contributed by atoms with Gasteiger partial charge in [-0.05, 0) is 13.3 Å².